The van der Waals surface area contributed by atoms with Crippen molar-refractivity contribution in [1.29, 1.82) is 0 Å². The number of hydrogen-bond acceptors (Lipinski definition) is 3. The second kappa shape index (κ2) is 4.63. The fraction of sp³-hybridized carbons (Fsp3) is 1.00. The zero-order valence-electron chi connectivity index (χ0n) is 11.4. The van der Waals surface area contributed by atoms with Crippen molar-refractivity contribution in [3.05, 3.63) is 0 Å². The first-order chi connectivity index (χ1) is 7.51. The molecule has 2 saturated heterocycles. The third kappa shape index (κ3) is 2.41. The highest BCUT2D eigenvalue weighted by molar-refractivity contribution is 4.94. The van der Waals surface area contributed by atoms with Gasteiger partial charge in [0.1, 0.15) is 0 Å². The minimum atomic E-state index is 0.460. The molecule has 0 aliphatic carbocycles. The van der Waals surface area contributed by atoms with Gasteiger partial charge >= 0.3 is 0 Å². The molecule has 2 aliphatic rings. The summed E-state index contributed by atoms with van der Waals surface area (Å²) < 4.78 is 0. The molecule has 2 fully saturated rings. The van der Waals surface area contributed by atoms with Crippen LogP contribution in [0.2, 0.25) is 0 Å². The van der Waals surface area contributed by atoms with E-state index in [1.54, 1.807) is 0 Å². The van der Waals surface area contributed by atoms with Crippen LogP contribution in [-0.4, -0.2) is 73.1 Å². The zero-order chi connectivity index (χ0) is 11.8. The van der Waals surface area contributed by atoms with Crippen LogP contribution in [-0.2, 0) is 0 Å². The maximum atomic E-state index is 2.74. The van der Waals surface area contributed by atoms with Gasteiger partial charge in [0.25, 0.3) is 0 Å². The van der Waals surface area contributed by atoms with Crippen LogP contribution in [0.15, 0.2) is 0 Å². The molecule has 2 aliphatic heterocycles. The van der Waals surface area contributed by atoms with Gasteiger partial charge in [0.05, 0.1) is 0 Å². The van der Waals surface area contributed by atoms with Crippen LogP contribution < -0.4 is 0 Å². The lowest BCUT2D eigenvalue weighted by atomic mass is 9.87. The van der Waals surface area contributed by atoms with E-state index in [-0.39, 0.29) is 0 Å². The lowest BCUT2D eigenvalue weighted by Gasteiger charge is -2.50. The Morgan fingerprint density at radius 1 is 1.00 bits per heavy atom. The van der Waals surface area contributed by atoms with Gasteiger partial charge in [-0.2, -0.15) is 0 Å². The van der Waals surface area contributed by atoms with Gasteiger partial charge in [-0.05, 0) is 53.9 Å². The molecule has 0 spiro atoms. The van der Waals surface area contributed by atoms with Crippen LogP contribution >= 0.6 is 0 Å². The highest BCUT2D eigenvalue weighted by Gasteiger charge is 2.37. The van der Waals surface area contributed by atoms with Crippen molar-refractivity contribution in [2.24, 2.45) is 0 Å². The lowest BCUT2D eigenvalue weighted by molar-refractivity contribution is -0.00875. The van der Waals surface area contributed by atoms with Gasteiger partial charge in [-0.3, -0.25) is 4.90 Å². The summed E-state index contributed by atoms with van der Waals surface area (Å²) in [6.07, 6.45) is 2.67. The molecule has 0 aromatic rings. The first kappa shape index (κ1) is 12.3. The molecule has 0 bridgehead atoms. The van der Waals surface area contributed by atoms with E-state index in [4.69, 9.17) is 0 Å². The van der Waals surface area contributed by atoms with Crippen molar-refractivity contribution >= 4 is 0 Å². The summed E-state index contributed by atoms with van der Waals surface area (Å²) in [6, 6.07) is 0.713. The highest BCUT2D eigenvalue weighted by Crippen LogP contribution is 2.29. The number of likely N-dealkylation sites (N-methyl/N-ethyl adjacent to an activating group) is 1. The van der Waals surface area contributed by atoms with Crippen LogP contribution in [0, 0.1) is 0 Å². The topological polar surface area (TPSA) is 9.72 Å². The molecule has 94 valence electrons. The Morgan fingerprint density at radius 2 is 1.62 bits per heavy atom. The van der Waals surface area contributed by atoms with E-state index in [9.17, 15) is 0 Å². The second-order valence-electron chi connectivity index (χ2n) is 6.08. The maximum Gasteiger partial charge on any atom is 0.0206 e. The summed E-state index contributed by atoms with van der Waals surface area (Å²) in [5, 5.41) is 0. The van der Waals surface area contributed by atoms with Crippen LogP contribution in [0.3, 0.4) is 0 Å². The van der Waals surface area contributed by atoms with Gasteiger partial charge in [0.15, 0.2) is 0 Å². The molecule has 2 rings (SSSR count). The molecule has 3 heteroatoms. The molecular weight excluding hydrogens is 198 g/mol. The summed E-state index contributed by atoms with van der Waals surface area (Å²) in [5.74, 6) is 0. The number of hydrogen-bond donors (Lipinski definition) is 0. The Labute approximate surface area is 100 Å². The molecule has 0 unspecified atom stereocenters. The predicted octanol–water partition coefficient (Wildman–Crippen LogP) is 1.11. The third-order valence-electron chi connectivity index (χ3n) is 4.79. The lowest BCUT2D eigenvalue weighted by Crippen LogP contribution is -2.60. The fourth-order valence-corrected chi connectivity index (χ4v) is 2.96. The number of nitrogens with zero attached hydrogens (tertiary/aromatic N) is 3. The average Bonchev–Trinajstić information content (AvgIpc) is 2.26. The number of piperazine rings is 1. The van der Waals surface area contributed by atoms with Crippen molar-refractivity contribution in [2.75, 3.05) is 46.8 Å². The SMILES string of the molecule is C[C@@H]1CN(C2(C)CCN(C)CC2)CCN1C. The van der Waals surface area contributed by atoms with E-state index in [1.165, 1.54) is 45.6 Å². The number of piperidine rings is 1. The predicted molar refractivity (Wildman–Crippen MR) is 68.8 cm³/mol. The second-order valence-corrected chi connectivity index (χ2v) is 6.08. The molecule has 3 nitrogen and oxygen atoms in total. The van der Waals surface area contributed by atoms with Crippen LogP contribution in [0.4, 0.5) is 0 Å². The van der Waals surface area contributed by atoms with Gasteiger partial charge in [-0.25, -0.2) is 0 Å². The Kier molecular flexibility index (Phi) is 3.57. The minimum Gasteiger partial charge on any atom is -0.306 e. The smallest absolute Gasteiger partial charge is 0.0206 e. The number of likely N-dealkylation sites (tertiary alicyclic amines) is 1. The Bertz CT molecular complexity index is 233. The van der Waals surface area contributed by atoms with E-state index in [1.807, 2.05) is 0 Å². The average molecular weight is 225 g/mol. The van der Waals surface area contributed by atoms with Crippen LogP contribution in [0.1, 0.15) is 26.7 Å². The van der Waals surface area contributed by atoms with Crippen LogP contribution in [0.5, 0.6) is 0 Å². The molecule has 0 amide bonds. The summed E-state index contributed by atoms with van der Waals surface area (Å²) in [6.45, 7) is 11.1. The van der Waals surface area contributed by atoms with E-state index in [0.29, 0.717) is 11.6 Å². The standard InChI is InChI=1S/C13H27N3/c1-12-11-16(10-9-15(12)4)13(2)5-7-14(3)8-6-13/h12H,5-11H2,1-4H3/t12-/m1/s1. The molecule has 16 heavy (non-hydrogen) atoms. The van der Waals surface area contributed by atoms with Crippen molar-refractivity contribution in [3.8, 4) is 0 Å². The van der Waals surface area contributed by atoms with Crippen molar-refractivity contribution < 1.29 is 0 Å². The van der Waals surface area contributed by atoms with Gasteiger partial charge in [0.2, 0.25) is 0 Å². The van der Waals surface area contributed by atoms with Crippen molar-refractivity contribution in [2.45, 2.75) is 38.3 Å². The zero-order valence-corrected chi connectivity index (χ0v) is 11.4. The number of rotatable bonds is 1. The van der Waals surface area contributed by atoms with Gasteiger partial charge < -0.3 is 9.80 Å². The van der Waals surface area contributed by atoms with E-state index >= 15 is 0 Å². The molecule has 0 N–H and O–H groups in total. The first-order valence-electron chi connectivity index (χ1n) is 6.65. The van der Waals surface area contributed by atoms with Crippen LogP contribution in [0.25, 0.3) is 0 Å². The largest absolute Gasteiger partial charge is 0.306 e. The third-order valence-corrected chi connectivity index (χ3v) is 4.79. The van der Waals surface area contributed by atoms with Crippen molar-refractivity contribution in [1.82, 2.24) is 14.7 Å². The first-order valence-corrected chi connectivity index (χ1v) is 6.65. The molecule has 2 heterocycles. The van der Waals surface area contributed by atoms with E-state index < -0.39 is 0 Å². The van der Waals surface area contributed by atoms with Gasteiger partial charge in [0, 0.05) is 31.2 Å². The Hall–Kier alpha value is -0.120. The van der Waals surface area contributed by atoms with Gasteiger partial charge in [-0.15, -0.1) is 0 Å². The molecular formula is C13H27N3. The molecule has 0 aromatic heterocycles. The molecule has 0 aromatic carbocycles. The molecule has 0 saturated carbocycles. The van der Waals surface area contributed by atoms with Crippen molar-refractivity contribution in [3.63, 3.8) is 0 Å². The van der Waals surface area contributed by atoms with Gasteiger partial charge in [-0.1, -0.05) is 0 Å². The highest BCUT2D eigenvalue weighted by atomic mass is 15.3. The maximum absolute atomic E-state index is 2.74. The van der Waals surface area contributed by atoms with E-state index in [2.05, 4.69) is 42.6 Å². The Balaban J connectivity index is 1.96. The summed E-state index contributed by atoms with van der Waals surface area (Å²) in [5.41, 5.74) is 0.460. The Morgan fingerprint density at radius 3 is 2.19 bits per heavy atom. The minimum absolute atomic E-state index is 0.460. The fourth-order valence-electron chi connectivity index (χ4n) is 2.96. The van der Waals surface area contributed by atoms with E-state index in [0.717, 1.165) is 0 Å². The summed E-state index contributed by atoms with van der Waals surface area (Å²) in [4.78, 5) is 7.68. The normalized spacial score (nSPS) is 34.1. The quantitative estimate of drug-likeness (QED) is 0.662. The summed E-state index contributed by atoms with van der Waals surface area (Å²) >= 11 is 0. The summed E-state index contributed by atoms with van der Waals surface area (Å²) in [7, 11) is 4.49. The monoisotopic (exact) mass is 225 g/mol. The molecule has 1 atom stereocenters. The molecule has 0 radical (unpaired) electrons.